The van der Waals surface area contributed by atoms with E-state index in [0.29, 0.717) is 16.5 Å². The second-order valence-corrected chi connectivity index (χ2v) is 5.32. The normalized spacial score (nSPS) is 10.5. The van der Waals surface area contributed by atoms with Gasteiger partial charge in [0.1, 0.15) is 11.6 Å². The molecular weight excluding hydrogens is 307 g/mol. The highest BCUT2D eigenvalue weighted by Gasteiger charge is 2.11. The van der Waals surface area contributed by atoms with Crippen molar-refractivity contribution in [2.45, 2.75) is 19.8 Å². The highest BCUT2D eigenvalue weighted by Crippen LogP contribution is 2.21. The summed E-state index contributed by atoms with van der Waals surface area (Å²) in [5.74, 6) is -0.248. The summed E-state index contributed by atoms with van der Waals surface area (Å²) in [6, 6.07) is 12.6. The minimum atomic E-state index is -0.332. The van der Waals surface area contributed by atoms with Gasteiger partial charge in [0, 0.05) is 12.8 Å². The first-order chi connectivity index (χ1) is 9.08. The molecule has 0 radical (unpaired) electrons. The van der Waals surface area contributed by atoms with E-state index >= 15 is 0 Å². The van der Waals surface area contributed by atoms with Crippen molar-refractivity contribution in [3.63, 3.8) is 0 Å². The van der Waals surface area contributed by atoms with Gasteiger partial charge in [-0.3, -0.25) is 4.79 Å². The molecule has 0 spiro atoms. The molecule has 0 saturated heterocycles. The fourth-order valence-corrected chi connectivity index (χ4v) is 2.39. The molecular formula is C16H14BrFO. The van der Waals surface area contributed by atoms with Crippen LogP contribution in [0.4, 0.5) is 4.39 Å². The van der Waals surface area contributed by atoms with Crippen LogP contribution in [-0.2, 0) is 17.6 Å². The number of carbonyl (C=O) groups excluding carboxylic acids is 1. The third-order valence-corrected chi connectivity index (χ3v) is 3.96. The lowest BCUT2D eigenvalue weighted by atomic mass is 9.99. The molecule has 0 unspecified atom stereocenters. The fourth-order valence-electron chi connectivity index (χ4n) is 1.98. The largest absolute Gasteiger partial charge is 0.299 e. The highest BCUT2D eigenvalue weighted by molar-refractivity contribution is 9.10. The molecule has 1 nitrogen and oxygen atoms in total. The second-order valence-electron chi connectivity index (χ2n) is 4.53. The van der Waals surface area contributed by atoms with Gasteiger partial charge in [-0.1, -0.05) is 36.4 Å². The summed E-state index contributed by atoms with van der Waals surface area (Å²) in [6.45, 7) is 1.99. The van der Waals surface area contributed by atoms with Gasteiger partial charge in [0.15, 0.2) is 0 Å². The Kier molecular flexibility index (Phi) is 4.48. The predicted octanol–water partition coefficient (Wildman–Crippen LogP) is 4.25. The van der Waals surface area contributed by atoms with Gasteiger partial charge in [-0.05, 0) is 45.6 Å². The lowest BCUT2D eigenvalue weighted by Crippen LogP contribution is -2.08. The first kappa shape index (κ1) is 13.9. The fraction of sp³-hybridized carbons (Fsp3) is 0.188. The van der Waals surface area contributed by atoms with Crippen LogP contribution in [0.2, 0.25) is 0 Å². The number of hydrogen-bond donors (Lipinski definition) is 0. The van der Waals surface area contributed by atoms with Crippen LogP contribution in [0.5, 0.6) is 0 Å². The van der Waals surface area contributed by atoms with Crippen LogP contribution in [0.1, 0.15) is 16.7 Å². The van der Waals surface area contributed by atoms with E-state index in [1.54, 1.807) is 12.1 Å². The van der Waals surface area contributed by atoms with Crippen molar-refractivity contribution in [1.29, 1.82) is 0 Å². The van der Waals surface area contributed by atoms with Crippen LogP contribution in [0.15, 0.2) is 46.9 Å². The molecule has 0 aliphatic rings. The quantitative estimate of drug-likeness (QED) is 0.823. The minimum Gasteiger partial charge on any atom is -0.299 e. The Hall–Kier alpha value is -1.48. The van der Waals surface area contributed by atoms with E-state index in [1.807, 2.05) is 31.2 Å². The molecule has 0 atom stereocenters. The first-order valence-electron chi connectivity index (χ1n) is 6.07. The van der Waals surface area contributed by atoms with Gasteiger partial charge in [-0.15, -0.1) is 0 Å². The van der Waals surface area contributed by atoms with E-state index in [-0.39, 0.29) is 18.0 Å². The molecule has 98 valence electrons. The number of hydrogen-bond acceptors (Lipinski definition) is 1. The predicted molar refractivity (Wildman–Crippen MR) is 77.7 cm³/mol. The van der Waals surface area contributed by atoms with E-state index in [0.717, 1.165) is 11.1 Å². The highest BCUT2D eigenvalue weighted by atomic mass is 79.9. The summed E-state index contributed by atoms with van der Waals surface area (Å²) >= 11 is 3.18. The van der Waals surface area contributed by atoms with Crippen LogP contribution in [0, 0.1) is 12.7 Å². The molecule has 0 aliphatic carbocycles. The molecule has 0 aliphatic heterocycles. The number of aryl methyl sites for hydroxylation is 1. The molecule has 0 bridgehead atoms. The van der Waals surface area contributed by atoms with Crippen molar-refractivity contribution >= 4 is 21.7 Å². The van der Waals surface area contributed by atoms with Crippen molar-refractivity contribution < 1.29 is 9.18 Å². The van der Waals surface area contributed by atoms with E-state index < -0.39 is 0 Å². The summed E-state index contributed by atoms with van der Waals surface area (Å²) in [7, 11) is 0. The molecule has 0 amide bonds. The molecule has 0 fully saturated rings. The number of carbonyl (C=O) groups is 1. The summed E-state index contributed by atoms with van der Waals surface area (Å²) in [4.78, 5) is 12.1. The number of ketones is 1. The number of halogens is 2. The first-order valence-corrected chi connectivity index (χ1v) is 6.86. The van der Waals surface area contributed by atoms with Crippen LogP contribution in [0.25, 0.3) is 0 Å². The molecule has 0 N–H and O–H groups in total. The van der Waals surface area contributed by atoms with Gasteiger partial charge in [-0.2, -0.15) is 0 Å². The molecule has 19 heavy (non-hydrogen) atoms. The topological polar surface area (TPSA) is 17.1 Å². The van der Waals surface area contributed by atoms with Gasteiger partial charge in [0.25, 0.3) is 0 Å². The Morgan fingerprint density at radius 2 is 1.68 bits per heavy atom. The lowest BCUT2D eigenvalue weighted by Gasteiger charge is -2.07. The zero-order chi connectivity index (χ0) is 13.8. The summed E-state index contributed by atoms with van der Waals surface area (Å²) in [5.41, 5.74) is 2.83. The van der Waals surface area contributed by atoms with Crippen LogP contribution in [-0.4, -0.2) is 5.78 Å². The monoisotopic (exact) mass is 320 g/mol. The van der Waals surface area contributed by atoms with Crippen LogP contribution in [0.3, 0.4) is 0 Å². The molecule has 0 saturated carbocycles. The summed E-state index contributed by atoms with van der Waals surface area (Å²) < 4.78 is 13.7. The average molecular weight is 321 g/mol. The maximum absolute atomic E-state index is 13.4. The van der Waals surface area contributed by atoms with E-state index in [9.17, 15) is 9.18 Å². The molecule has 2 rings (SSSR count). The van der Waals surface area contributed by atoms with E-state index in [1.165, 1.54) is 6.07 Å². The van der Waals surface area contributed by atoms with Crippen molar-refractivity contribution in [2.24, 2.45) is 0 Å². The Labute approximate surface area is 120 Å². The standard InChI is InChI=1S/C16H14BrFO/c1-11-5-2-3-6-12(11)9-14(19)10-13-7-4-8-15(18)16(13)17/h2-8H,9-10H2,1H3. The van der Waals surface area contributed by atoms with Crippen molar-refractivity contribution in [1.82, 2.24) is 0 Å². The number of Topliss-reactive ketones (excluding diaryl/α,β-unsaturated/α-hetero) is 1. The van der Waals surface area contributed by atoms with Gasteiger partial charge in [-0.25, -0.2) is 4.39 Å². The average Bonchev–Trinajstić information content (AvgIpc) is 2.38. The molecule has 0 heterocycles. The minimum absolute atomic E-state index is 0.0839. The second kappa shape index (κ2) is 6.11. The third kappa shape index (κ3) is 3.51. The van der Waals surface area contributed by atoms with Crippen LogP contribution < -0.4 is 0 Å². The SMILES string of the molecule is Cc1ccccc1CC(=O)Cc1cccc(F)c1Br. The van der Waals surface area contributed by atoms with Crippen molar-refractivity contribution in [3.05, 3.63) is 69.4 Å². The maximum Gasteiger partial charge on any atom is 0.141 e. The van der Waals surface area contributed by atoms with Gasteiger partial charge in [0.05, 0.1) is 4.47 Å². The van der Waals surface area contributed by atoms with Gasteiger partial charge < -0.3 is 0 Å². The molecule has 2 aromatic rings. The Balaban J connectivity index is 2.10. The Morgan fingerprint density at radius 3 is 2.42 bits per heavy atom. The van der Waals surface area contributed by atoms with Crippen molar-refractivity contribution in [3.8, 4) is 0 Å². The molecule has 3 heteroatoms. The number of rotatable bonds is 4. The molecule has 0 aromatic heterocycles. The van der Waals surface area contributed by atoms with E-state index in [4.69, 9.17) is 0 Å². The van der Waals surface area contributed by atoms with Gasteiger partial charge >= 0.3 is 0 Å². The van der Waals surface area contributed by atoms with Gasteiger partial charge in [0.2, 0.25) is 0 Å². The summed E-state index contributed by atoms with van der Waals surface area (Å²) in [6.07, 6.45) is 0.627. The van der Waals surface area contributed by atoms with Crippen LogP contribution >= 0.6 is 15.9 Å². The lowest BCUT2D eigenvalue weighted by molar-refractivity contribution is -0.117. The molecule has 2 aromatic carbocycles. The third-order valence-electron chi connectivity index (χ3n) is 3.07. The summed E-state index contributed by atoms with van der Waals surface area (Å²) in [5, 5.41) is 0. The Bertz CT molecular complexity index is 607. The van der Waals surface area contributed by atoms with Crippen molar-refractivity contribution in [2.75, 3.05) is 0 Å². The zero-order valence-corrected chi connectivity index (χ0v) is 12.2. The van der Waals surface area contributed by atoms with E-state index in [2.05, 4.69) is 15.9 Å². The zero-order valence-electron chi connectivity index (χ0n) is 10.6. The smallest absolute Gasteiger partial charge is 0.141 e. The number of benzene rings is 2. The maximum atomic E-state index is 13.4. The Morgan fingerprint density at radius 1 is 1.05 bits per heavy atom.